The molecule has 0 aliphatic rings. The molecule has 0 amide bonds. The van der Waals surface area contributed by atoms with E-state index in [1.807, 2.05) is 6.07 Å². The maximum Gasteiger partial charge on any atom is 0.339 e. The van der Waals surface area contributed by atoms with Crippen LogP contribution in [-0.4, -0.2) is 31.1 Å². The number of carbonyl (C=O) groups excluding carboxylic acids is 1. The van der Waals surface area contributed by atoms with Crippen LogP contribution in [0, 0.1) is 0 Å². The molecule has 0 spiro atoms. The first-order valence-electron chi connectivity index (χ1n) is 7.73. The molecule has 3 aromatic rings. The molecule has 6 nitrogen and oxygen atoms in total. The van der Waals surface area contributed by atoms with Crippen LogP contribution in [0.1, 0.15) is 26.3 Å². The van der Waals surface area contributed by atoms with Crippen molar-refractivity contribution in [2.24, 2.45) is 0 Å². The molecule has 0 saturated heterocycles. The molecule has 1 aromatic heterocycles. The molecular formula is C20H16O6. The lowest BCUT2D eigenvalue weighted by Crippen LogP contribution is -2.09. The Labute approximate surface area is 149 Å². The summed E-state index contributed by atoms with van der Waals surface area (Å²) >= 11 is 0. The molecule has 6 heteroatoms. The maximum absolute atomic E-state index is 13.1. The summed E-state index contributed by atoms with van der Waals surface area (Å²) in [6, 6.07) is 13.5. The molecule has 0 fully saturated rings. The summed E-state index contributed by atoms with van der Waals surface area (Å²) in [7, 11) is 2.95. The van der Waals surface area contributed by atoms with Crippen LogP contribution >= 0.6 is 0 Å². The minimum atomic E-state index is -1.24. The molecule has 1 heterocycles. The number of ketones is 1. The van der Waals surface area contributed by atoms with E-state index in [1.165, 1.54) is 20.3 Å². The Bertz CT molecular complexity index is 956. The fourth-order valence-electron chi connectivity index (χ4n) is 2.66. The van der Waals surface area contributed by atoms with Crippen molar-refractivity contribution in [2.45, 2.75) is 0 Å². The molecule has 3 rings (SSSR count). The standard InChI is InChI=1S/C20H16O6/c1-24-15-9-8-13(10-16(15)25-2)18(21)17-14(20(22)23)11-26-19(17)12-6-4-3-5-7-12/h3-11H,1-2H3,(H,22,23). The van der Waals surface area contributed by atoms with Gasteiger partial charge in [-0.25, -0.2) is 4.79 Å². The van der Waals surface area contributed by atoms with E-state index in [9.17, 15) is 14.7 Å². The predicted molar refractivity (Wildman–Crippen MR) is 94.1 cm³/mol. The van der Waals surface area contributed by atoms with Crippen LogP contribution in [0.15, 0.2) is 59.2 Å². The van der Waals surface area contributed by atoms with Crippen molar-refractivity contribution in [3.05, 3.63) is 71.5 Å². The normalized spacial score (nSPS) is 10.4. The zero-order valence-electron chi connectivity index (χ0n) is 14.2. The Hall–Kier alpha value is -3.54. The van der Waals surface area contributed by atoms with Crippen molar-refractivity contribution in [2.75, 3.05) is 14.2 Å². The third kappa shape index (κ3) is 3.04. The van der Waals surface area contributed by atoms with E-state index in [4.69, 9.17) is 13.9 Å². The van der Waals surface area contributed by atoms with E-state index in [0.717, 1.165) is 6.26 Å². The Kier molecular flexibility index (Phi) is 4.75. The van der Waals surface area contributed by atoms with Crippen molar-refractivity contribution < 1.29 is 28.6 Å². The third-order valence-corrected chi connectivity index (χ3v) is 3.93. The van der Waals surface area contributed by atoms with Gasteiger partial charge in [0.2, 0.25) is 0 Å². The molecule has 0 unspecified atom stereocenters. The number of ether oxygens (including phenoxy) is 2. The number of methoxy groups -OCH3 is 2. The molecular weight excluding hydrogens is 336 g/mol. The molecule has 1 N–H and O–H groups in total. The smallest absolute Gasteiger partial charge is 0.339 e. The molecule has 0 bridgehead atoms. The van der Waals surface area contributed by atoms with Crippen LogP contribution in [0.25, 0.3) is 11.3 Å². The van der Waals surface area contributed by atoms with Gasteiger partial charge in [0.15, 0.2) is 17.3 Å². The number of carbonyl (C=O) groups is 2. The number of hydrogen-bond acceptors (Lipinski definition) is 5. The Morgan fingerprint density at radius 2 is 1.65 bits per heavy atom. The highest BCUT2D eigenvalue weighted by Crippen LogP contribution is 2.33. The monoisotopic (exact) mass is 352 g/mol. The van der Waals surface area contributed by atoms with Crippen LogP contribution in [0.2, 0.25) is 0 Å². The van der Waals surface area contributed by atoms with E-state index < -0.39 is 11.8 Å². The highest BCUT2D eigenvalue weighted by atomic mass is 16.5. The first-order chi connectivity index (χ1) is 12.6. The number of rotatable bonds is 6. The minimum absolute atomic E-state index is 0.00378. The first kappa shape index (κ1) is 17.3. The van der Waals surface area contributed by atoms with Gasteiger partial charge in [-0.15, -0.1) is 0 Å². The fraction of sp³-hybridized carbons (Fsp3) is 0.100. The summed E-state index contributed by atoms with van der Waals surface area (Å²) < 4.78 is 15.8. The summed E-state index contributed by atoms with van der Waals surface area (Å²) in [6.45, 7) is 0. The van der Waals surface area contributed by atoms with Gasteiger partial charge in [0.05, 0.1) is 19.8 Å². The highest BCUT2D eigenvalue weighted by molar-refractivity contribution is 6.17. The minimum Gasteiger partial charge on any atom is -0.493 e. The first-order valence-corrected chi connectivity index (χ1v) is 7.73. The van der Waals surface area contributed by atoms with Crippen LogP contribution < -0.4 is 9.47 Å². The second-order valence-corrected chi connectivity index (χ2v) is 5.42. The van der Waals surface area contributed by atoms with Gasteiger partial charge in [0, 0.05) is 11.1 Å². The van der Waals surface area contributed by atoms with Gasteiger partial charge in [-0.2, -0.15) is 0 Å². The lowest BCUT2D eigenvalue weighted by Gasteiger charge is -2.09. The number of aromatic carboxylic acids is 1. The second kappa shape index (κ2) is 7.14. The Balaban J connectivity index is 2.15. The topological polar surface area (TPSA) is 86.0 Å². The Morgan fingerprint density at radius 1 is 0.962 bits per heavy atom. The molecule has 2 aromatic carbocycles. The number of carboxylic acids is 1. The molecule has 0 aliphatic heterocycles. The van der Waals surface area contributed by atoms with Gasteiger partial charge in [-0.3, -0.25) is 4.79 Å². The number of carboxylic acid groups (broad SMARTS) is 1. The summed E-state index contributed by atoms with van der Waals surface area (Å²) in [6.07, 6.45) is 1.08. The van der Waals surface area contributed by atoms with Crippen LogP contribution in [-0.2, 0) is 0 Å². The zero-order valence-corrected chi connectivity index (χ0v) is 14.2. The molecule has 0 atom stereocenters. The van der Waals surface area contributed by atoms with E-state index in [-0.39, 0.29) is 22.5 Å². The summed E-state index contributed by atoms with van der Waals surface area (Å²) in [4.78, 5) is 24.6. The number of benzene rings is 2. The van der Waals surface area contributed by atoms with Crippen molar-refractivity contribution in [3.63, 3.8) is 0 Å². The second-order valence-electron chi connectivity index (χ2n) is 5.42. The van der Waals surface area contributed by atoms with Crippen molar-refractivity contribution in [1.29, 1.82) is 0 Å². The van der Waals surface area contributed by atoms with Gasteiger partial charge in [0.25, 0.3) is 0 Å². The summed E-state index contributed by atoms with van der Waals surface area (Å²) in [5.41, 5.74) is 0.687. The van der Waals surface area contributed by atoms with E-state index >= 15 is 0 Å². The van der Waals surface area contributed by atoms with Crippen LogP contribution in [0.5, 0.6) is 11.5 Å². The van der Waals surface area contributed by atoms with Gasteiger partial charge in [-0.1, -0.05) is 30.3 Å². The molecule has 0 saturated carbocycles. The van der Waals surface area contributed by atoms with Crippen molar-refractivity contribution >= 4 is 11.8 Å². The Morgan fingerprint density at radius 3 is 2.27 bits per heavy atom. The molecule has 26 heavy (non-hydrogen) atoms. The largest absolute Gasteiger partial charge is 0.493 e. The van der Waals surface area contributed by atoms with Gasteiger partial charge in [0.1, 0.15) is 17.6 Å². The van der Waals surface area contributed by atoms with Gasteiger partial charge in [-0.05, 0) is 18.2 Å². The summed E-state index contributed by atoms with van der Waals surface area (Å²) in [5.74, 6) is -0.656. The maximum atomic E-state index is 13.1. The molecule has 0 radical (unpaired) electrons. The SMILES string of the molecule is COc1ccc(C(=O)c2c(C(=O)O)coc2-c2ccccc2)cc1OC. The fourth-order valence-corrected chi connectivity index (χ4v) is 2.66. The summed E-state index contributed by atoms with van der Waals surface area (Å²) in [5, 5.41) is 9.45. The number of hydrogen-bond donors (Lipinski definition) is 1. The lowest BCUT2D eigenvalue weighted by molar-refractivity contribution is 0.0692. The third-order valence-electron chi connectivity index (χ3n) is 3.93. The molecule has 0 aliphatic carbocycles. The van der Waals surface area contributed by atoms with Crippen LogP contribution in [0.4, 0.5) is 0 Å². The zero-order chi connectivity index (χ0) is 18.7. The van der Waals surface area contributed by atoms with Crippen LogP contribution in [0.3, 0.4) is 0 Å². The van der Waals surface area contributed by atoms with E-state index in [2.05, 4.69) is 0 Å². The van der Waals surface area contributed by atoms with E-state index in [0.29, 0.717) is 17.1 Å². The average molecular weight is 352 g/mol. The van der Waals surface area contributed by atoms with Gasteiger partial charge >= 0.3 is 5.97 Å². The quantitative estimate of drug-likeness (QED) is 0.677. The van der Waals surface area contributed by atoms with Gasteiger partial charge < -0.3 is 19.0 Å². The molecule has 132 valence electrons. The number of furan rings is 1. The van der Waals surface area contributed by atoms with Crippen molar-refractivity contribution in [3.8, 4) is 22.8 Å². The average Bonchev–Trinajstić information content (AvgIpc) is 3.13. The van der Waals surface area contributed by atoms with E-state index in [1.54, 1.807) is 36.4 Å². The predicted octanol–water partition coefficient (Wildman–Crippen LogP) is 3.89. The van der Waals surface area contributed by atoms with Crippen molar-refractivity contribution in [1.82, 2.24) is 0 Å². The highest BCUT2D eigenvalue weighted by Gasteiger charge is 2.27. The lowest BCUT2D eigenvalue weighted by atomic mass is 9.97.